The van der Waals surface area contributed by atoms with Gasteiger partial charge in [0.25, 0.3) is 5.91 Å². The van der Waals surface area contributed by atoms with E-state index in [2.05, 4.69) is 15.9 Å². The molecule has 0 unspecified atom stereocenters. The van der Waals surface area contributed by atoms with Crippen molar-refractivity contribution in [2.75, 3.05) is 11.4 Å². The second-order valence-corrected chi connectivity index (χ2v) is 6.66. The number of anilines is 1. The molecule has 2 aromatic rings. The zero-order chi connectivity index (χ0) is 15.3. The lowest BCUT2D eigenvalue weighted by Gasteiger charge is -2.35. The molecule has 0 atom stereocenters. The summed E-state index contributed by atoms with van der Waals surface area (Å²) in [4.78, 5) is 14.7. The van der Waals surface area contributed by atoms with Crippen molar-refractivity contribution in [3.8, 4) is 11.5 Å². The van der Waals surface area contributed by atoms with E-state index in [9.17, 15) is 9.90 Å². The number of nitrogens with zero attached hydrogens (tertiary/aromatic N) is 1. The number of aromatic hydroxyl groups is 1. The summed E-state index contributed by atoms with van der Waals surface area (Å²) in [5, 5.41) is 9.59. The summed E-state index contributed by atoms with van der Waals surface area (Å²) in [5.74, 6) is 0.803. The van der Waals surface area contributed by atoms with Crippen LogP contribution in [0, 0.1) is 0 Å². The van der Waals surface area contributed by atoms with Crippen LogP contribution >= 0.6 is 15.9 Å². The Hall–Kier alpha value is -2.01. The lowest BCUT2D eigenvalue weighted by Crippen LogP contribution is -2.45. The van der Waals surface area contributed by atoms with Crippen LogP contribution in [0.15, 0.2) is 46.9 Å². The quantitative estimate of drug-likeness (QED) is 0.843. The van der Waals surface area contributed by atoms with Gasteiger partial charge in [-0.25, -0.2) is 0 Å². The second-order valence-electron chi connectivity index (χ2n) is 5.81. The molecule has 112 valence electrons. The monoisotopic (exact) mass is 359 g/mol. The molecule has 1 N–H and O–H groups in total. The number of para-hydroxylation sites is 2. The van der Waals surface area contributed by atoms with Gasteiger partial charge in [-0.2, -0.15) is 0 Å². The van der Waals surface area contributed by atoms with E-state index >= 15 is 0 Å². The third-order valence-corrected chi connectivity index (χ3v) is 4.81. The van der Waals surface area contributed by atoms with Crippen molar-refractivity contribution in [1.29, 1.82) is 0 Å². The molecule has 22 heavy (non-hydrogen) atoms. The van der Waals surface area contributed by atoms with Crippen LogP contribution in [-0.4, -0.2) is 23.2 Å². The minimum atomic E-state index is -0.210. The molecule has 4 nitrogen and oxygen atoms in total. The van der Waals surface area contributed by atoms with Gasteiger partial charge >= 0.3 is 0 Å². The van der Waals surface area contributed by atoms with Crippen LogP contribution in [0.25, 0.3) is 0 Å². The first-order chi connectivity index (χ1) is 10.6. The summed E-state index contributed by atoms with van der Waals surface area (Å²) >= 11 is 3.26. The molecule has 0 saturated heterocycles. The maximum Gasteiger partial charge on any atom is 0.258 e. The van der Waals surface area contributed by atoms with Gasteiger partial charge in [-0.3, -0.25) is 4.79 Å². The average molecular weight is 360 g/mol. The van der Waals surface area contributed by atoms with Gasteiger partial charge in [-0.05, 0) is 59.1 Å². The number of rotatable bonds is 1. The molecule has 1 spiro atoms. The highest BCUT2D eigenvalue weighted by atomic mass is 79.9. The van der Waals surface area contributed by atoms with E-state index < -0.39 is 0 Å². The summed E-state index contributed by atoms with van der Waals surface area (Å²) < 4.78 is 6.56. The van der Waals surface area contributed by atoms with Gasteiger partial charge in [0.05, 0.1) is 16.7 Å². The molecule has 1 fully saturated rings. The molecule has 1 aliphatic heterocycles. The Morgan fingerprint density at radius 2 is 2.00 bits per heavy atom. The van der Waals surface area contributed by atoms with E-state index in [1.807, 2.05) is 24.3 Å². The maximum absolute atomic E-state index is 12.9. The predicted octanol–water partition coefficient (Wildman–Crippen LogP) is 3.73. The summed E-state index contributed by atoms with van der Waals surface area (Å²) in [7, 11) is 0. The molecule has 0 aromatic heterocycles. The standard InChI is InChI=1S/C17H14BrNO3/c18-12-9-11(5-6-14(12)20)16(21)19-10-17(7-8-17)22-15-4-2-1-3-13(15)19/h1-6,9,20H,7-8,10H2. The normalized spacial score (nSPS) is 17.8. The highest BCUT2D eigenvalue weighted by Crippen LogP contribution is 2.48. The van der Waals surface area contributed by atoms with Gasteiger partial charge in [-0.15, -0.1) is 0 Å². The van der Waals surface area contributed by atoms with E-state index in [1.54, 1.807) is 17.0 Å². The number of phenolic OH excluding ortho intramolecular Hbond substituents is 1. The minimum Gasteiger partial charge on any atom is -0.507 e. The molecule has 5 heteroatoms. The van der Waals surface area contributed by atoms with Gasteiger partial charge in [-0.1, -0.05) is 12.1 Å². The van der Waals surface area contributed by atoms with Crippen LogP contribution in [0.5, 0.6) is 11.5 Å². The molecule has 2 aliphatic rings. The third kappa shape index (κ3) is 2.16. The Morgan fingerprint density at radius 1 is 1.23 bits per heavy atom. The number of carbonyl (C=O) groups excluding carboxylic acids is 1. The Kier molecular flexibility index (Phi) is 2.94. The van der Waals surface area contributed by atoms with Crippen molar-refractivity contribution in [2.45, 2.75) is 18.4 Å². The first-order valence-corrected chi connectivity index (χ1v) is 7.96. The topological polar surface area (TPSA) is 49.8 Å². The predicted molar refractivity (Wildman–Crippen MR) is 86.5 cm³/mol. The maximum atomic E-state index is 12.9. The van der Waals surface area contributed by atoms with E-state index in [4.69, 9.17) is 4.74 Å². The Balaban J connectivity index is 1.74. The summed E-state index contributed by atoms with van der Waals surface area (Å²) in [6, 6.07) is 12.4. The number of phenols is 1. The third-order valence-electron chi connectivity index (χ3n) is 4.18. The van der Waals surface area contributed by atoms with Crippen molar-refractivity contribution in [2.24, 2.45) is 0 Å². The smallest absolute Gasteiger partial charge is 0.258 e. The number of fused-ring (bicyclic) bond motifs is 1. The number of ether oxygens (including phenoxy) is 1. The minimum absolute atomic E-state index is 0.0808. The van der Waals surface area contributed by atoms with E-state index in [-0.39, 0.29) is 17.3 Å². The van der Waals surface area contributed by atoms with Gasteiger partial charge in [0.2, 0.25) is 0 Å². The lowest BCUT2D eigenvalue weighted by molar-refractivity contribution is 0.0943. The molecule has 4 rings (SSSR count). The molecule has 1 aliphatic carbocycles. The Morgan fingerprint density at radius 3 is 2.73 bits per heavy atom. The highest BCUT2D eigenvalue weighted by Gasteiger charge is 2.51. The van der Waals surface area contributed by atoms with Crippen molar-refractivity contribution < 1.29 is 14.6 Å². The molecule has 2 aromatic carbocycles. The van der Waals surface area contributed by atoms with Crippen LogP contribution in [0.4, 0.5) is 5.69 Å². The number of benzene rings is 2. The van der Waals surface area contributed by atoms with Gasteiger partial charge < -0.3 is 14.7 Å². The van der Waals surface area contributed by atoms with Crippen LogP contribution in [0.1, 0.15) is 23.2 Å². The molecular formula is C17H14BrNO3. The summed E-state index contributed by atoms with van der Waals surface area (Å²) in [5.41, 5.74) is 1.13. The lowest BCUT2D eigenvalue weighted by atomic mass is 10.1. The van der Waals surface area contributed by atoms with Crippen molar-refractivity contribution in [3.05, 3.63) is 52.5 Å². The van der Waals surface area contributed by atoms with Gasteiger partial charge in [0, 0.05) is 5.56 Å². The Labute approximate surface area is 136 Å². The van der Waals surface area contributed by atoms with Crippen molar-refractivity contribution in [1.82, 2.24) is 0 Å². The fourth-order valence-electron chi connectivity index (χ4n) is 2.78. The zero-order valence-electron chi connectivity index (χ0n) is 11.8. The molecule has 0 radical (unpaired) electrons. The van der Waals surface area contributed by atoms with Gasteiger partial charge in [0.1, 0.15) is 17.1 Å². The molecule has 1 heterocycles. The summed E-state index contributed by atoms with van der Waals surface area (Å²) in [6.07, 6.45) is 1.95. The van der Waals surface area contributed by atoms with E-state index in [0.29, 0.717) is 16.6 Å². The SMILES string of the molecule is O=C(c1ccc(O)c(Br)c1)N1CC2(CC2)Oc2ccccc21. The first-order valence-electron chi connectivity index (χ1n) is 7.16. The number of carbonyl (C=O) groups is 1. The van der Waals surface area contributed by atoms with Crippen molar-refractivity contribution >= 4 is 27.5 Å². The second kappa shape index (κ2) is 4.74. The van der Waals surface area contributed by atoms with Gasteiger partial charge in [0.15, 0.2) is 0 Å². The number of halogens is 1. The van der Waals surface area contributed by atoms with E-state index in [0.717, 1.165) is 24.3 Å². The van der Waals surface area contributed by atoms with Crippen LogP contribution in [0.2, 0.25) is 0 Å². The summed E-state index contributed by atoms with van der Waals surface area (Å²) in [6.45, 7) is 0.571. The van der Waals surface area contributed by atoms with Crippen LogP contribution in [0.3, 0.4) is 0 Å². The zero-order valence-corrected chi connectivity index (χ0v) is 13.3. The van der Waals surface area contributed by atoms with Crippen LogP contribution in [-0.2, 0) is 0 Å². The molecule has 1 saturated carbocycles. The number of amides is 1. The Bertz CT molecular complexity index is 770. The first kappa shape index (κ1) is 13.6. The molecule has 1 amide bonds. The molecule has 0 bridgehead atoms. The van der Waals surface area contributed by atoms with Crippen molar-refractivity contribution in [3.63, 3.8) is 0 Å². The molecular weight excluding hydrogens is 346 g/mol. The largest absolute Gasteiger partial charge is 0.507 e. The highest BCUT2D eigenvalue weighted by molar-refractivity contribution is 9.10. The average Bonchev–Trinajstić information content (AvgIpc) is 3.27. The number of hydrogen-bond donors (Lipinski definition) is 1. The fraction of sp³-hybridized carbons (Fsp3) is 0.235. The van der Waals surface area contributed by atoms with E-state index in [1.165, 1.54) is 6.07 Å². The van der Waals surface area contributed by atoms with Crippen LogP contribution < -0.4 is 9.64 Å². The number of hydrogen-bond acceptors (Lipinski definition) is 3. The fourth-order valence-corrected chi connectivity index (χ4v) is 3.16.